The molecule has 3 aromatic carbocycles. The summed E-state index contributed by atoms with van der Waals surface area (Å²) in [5, 5.41) is 6.16. The molecule has 0 saturated heterocycles. The van der Waals surface area contributed by atoms with Crippen LogP contribution in [0.25, 0.3) is 11.3 Å². The molecule has 0 unspecified atom stereocenters. The number of halogens is 2. The first-order valence-corrected chi connectivity index (χ1v) is 13.4. The maximum absolute atomic E-state index is 14.2. The first-order valence-electron chi connectivity index (χ1n) is 12.2. The molecule has 0 spiro atoms. The standard InChI is InChI=1S/C29H23ClFN3O2S/c30-21-9-7-20(8-10-21)29(13-3-14-29)27(36)33-28-32-24(17-37-28)18-6-11-25-19(16-18)12-15-34(25)26(35)22-4-1-2-5-23(22)31/h1-2,4-11,16-17H,3,12-15H2,(H,32,33,36). The van der Waals surface area contributed by atoms with Crippen LogP contribution in [0.4, 0.5) is 15.2 Å². The molecule has 4 aromatic rings. The van der Waals surface area contributed by atoms with E-state index in [4.69, 9.17) is 11.6 Å². The number of rotatable bonds is 5. The highest BCUT2D eigenvalue weighted by Crippen LogP contribution is 2.45. The summed E-state index contributed by atoms with van der Waals surface area (Å²) in [4.78, 5) is 32.5. The van der Waals surface area contributed by atoms with E-state index in [1.54, 1.807) is 17.0 Å². The molecule has 1 fully saturated rings. The molecule has 1 aromatic heterocycles. The van der Waals surface area contributed by atoms with Gasteiger partial charge >= 0.3 is 0 Å². The topological polar surface area (TPSA) is 62.3 Å². The molecule has 0 radical (unpaired) electrons. The molecule has 186 valence electrons. The van der Waals surface area contributed by atoms with E-state index in [2.05, 4.69) is 10.3 Å². The molecule has 0 atom stereocenters. The van der Waals surface area contributed by atoms with E-state index in [-0.39, 0.29) is 17.4 Å². The Balaban J connectivity index is 1.20. The van der Waals surface area contributed by atoms with Crippen LogP contribution in [0.3, 0.4) is 0 Å². The second kappa shape index (κ2) is 9.39. The molecular weight excluding hydrogens is 509 g/mol. The highest BCUT2D eigenvalue weighted by Gasteiger charge is 2.45. The smallest absolute Gasteiger partial charge is 0.261 e. The third-order valence-corrected chi connectivity index (χ3v) is 8.39. The Morgan fingerprint density at radius 1 is 1.05 bits per heavy atom. The number of carbonyl (C=O) groups excluding carboxylic acids is 2. The first-order chi connectivity index (χ1) is 17.9. The Kier molecular flexibility index (Phi) is 6.05. The van der Waals surface area contributed by atoms with Gasteiger partial charge in [0.15, 0.2) is 5.13 Å². The zero-order valence-corrected chi connectivity index (χ0v) is 21.4. The van der Waals surface area contributed by atoms with Crippen molar-refractivity contribution < 1.29 is 14.0 Å². The molecular formula is C29H23ClFN3O2S. The summed E-state index contributed by atoms with van der Waals surface area (Å²) in [6.45, 7) is 0.497. The van der Waals surface area contributed by atoms with E-state index < -0.39 is 11.2 Å². The third kappa shape index (κ3) is 4.22. The quantitative estimate of drug-likeness (QED) is 0.306. The van der Waals surface area contributed by atoms with Crippen LogP contribution in [0, 0.1) is 5.82 Å². The SMILES string of the molecule is O=C(c1ccccc1F)N1CCc2cc(-c3csc(NC(=O)C4(c5ccc(Cl)cc5)CCC4)n3)ccc21. The second-order valence-electron chi connectivity index (χ2n) is 9.46. The number of carbonyl (C=O) groups is 2. The van der Waals surface area contributed by atoms with Gasteiger partial charge in [-0.25, -0.2) is 9.37 Å². The van der Waals surface area contributed by atoms with E-state index in [1.807, 2.05) is 47.8 Å². The number of hydrogen-bond acceptors (Lipinski definition) is 4. The number of benzene rings is 3. The van der Waals surface area contributed by atoms with Gasteiger partial charge in [0.1, 0.15) is 5.82 Å². The minimum absolute atomic E-state index is 0.0433. The van der Waals surface area contributed by atoms with Gasteiger partial charge in [-0.2, -0.15) is 0 Å². The van der Waals surface area contributed by atoms with Crippen molar-refractivity contribution >= 4 is 45.6 Å². The summed E-state index contributed by atoms with van der Waals surface area (Å²) >= 11 is 7.43. The van der Waals surface area contributed by atoms with E-state index in [9.17, 15) is 14.0 Å². The summed E-state index contributed by atoms with van der Waals surface area (Å²) < 4.78 is 14.2. The molecule has 6 rings (SSSR count). The summed E-state index contributed by atoms with van der Waals surface area (Å²) in [6.07, 6.45) is 3.28. The molecule has 0 bridgehead atoms. The lowest BCUT2D eigenvalue weighted by Gasteiger charge is -2.40. The van der Waals surface area contributed by atoms with Crippen molar-refractivity contribution in [2.45, 2.75) is 31.1 Å². The van der Waals surface area contributed by atoms with Gasteiger partial charge in [-0.3, -0.25) is 9.59 Å². The van der Waals surface area contributed by atoms with Gasteiger partial charge in [0.05, 0.1) is 16.7 Å². The number of nitrogens with one attached hydrogen (secondary N) is 1. The Hall–Kier alpha value is -3.55. The summed E-state index contributed by atoms with van der Waals surface area (Å²) in [6, 6.07) is 19.4. The van der Waals surface area contributed by atoms with Crippen molar-refractivity contribution in [3.8, 4) is 11.3 Å². The predicted octanol–water partition coefficient (Wildman–Crippen LogP) is 6.87. The lowest BCUT2D eigenvalue weighted by Crippen LogP contribution is -2.45. The molecule has 1 aliphatic heterocycles. The van der Waals surface area contributed by atoms with Crippen LogP contribution in [0.5, 0.6) is 0 Å². The van der Waals surface area contributed by atoms with E-state index in [0.717, 1.165) is 47.3 Å². The number of amides is 2. The lowest BCUT2D eigenvalue weighted by molar-refractivity contribution is -0.124. The molecule has 2 heterocycles. The van der Waals surface area contributed by atoms with Crippen LogP contribution >= 0.6 is 22.9 Å². The fraction of sp³-hybridized carbons (Fsp3) is 0.207. The summed E-state index contributed by atoms with van der Waals surface area (Å²) in [7, 11) is 0. The predicted molar refractivity (Wildman–Crippen MR) is 145 cm³/mol. The van der Waals surface area contributed by atoms with Crippen LogP contribution in [0.1, 0.15) is 40.7 Å². The first kappa shape index (κ1) is 23.8. The van der Waals surface area contributed by atoms with Gasteiger partial charge < -0.3 is 10.2 Å². The van der Waals surface area contributed by atoms with Gasteiger partial charge in [0, 0.05) is 28.2 Å². The number of hydrogen-bond donors (Lipinski definition) is 1. The number of aromatic nitrogens is 1. The zero-order valence-electron chi connectivity index (χ0n) is 19.8. The van der Waals surface area contributed by atoms with Crippen LogP contribution in [-0.4, -0.2) is 23.3 Å². The molecule has 2 amide bonds. The van der Waals surface area contributed by atoms with Crippen LogP contribution < -0.4 is 10.2 Å². The highest BCUT2D eigenvalue weighted by molar-refractivity contribution is 7.14. The van der Waals surface area contributed by atoms with Crippen molar-refractivity contribution in [1.29, 1.82) is 0 Å². The molecule has 2 aliphatic rings. The molecule has 5 nitrogen and oxygen atoms in total. The largest absolute Gasteiger partial charge is 0.308 e. The van der Waals surface area contributed by atoms with Crippen molar-refractivity contribution in [2.75, 3.05) is 16.8 Å². The fourth-order valence-electron chi connectivity index (χ4n) is 5.18. The Bertz CT molecular complexity index is 1510. The van der Waals surface area contributed by atoms with E-state index >= 15 is 0 Å². The number of thiazole rings is 1. The highest BCUT2D eigenvalue weighted by atomic mass is 35.5. The van der Waals surface area contributed by atoms with Gasteiger partial charge in [0.2, 0.25) is 5.91 Å². The van der Waals surface area contributed by atoms with Gasteiger partial charge in [-0.05, 0) is 66.8 Å². The minimum Gasteiger partial charge on any atom is -0.308 e. The maximum Gasteiger partial charge on any atom is 0.261 e. The van der Waals surface area contributed by atoms with E-state index in [1.165, 1.54) is 23.5 Å². The number of nitrogens with zero attached hydrogens (tertiary/aromatic N) is 2. The average Bonchev–Trinajstić information content (AvgIpc) is 3.51. The van der Waals surface area contributed by atoms with Gasteiger partial charge in [-0.15, -0.1) is 11.3 Å². The minimum atomic E-state index is -0.543. The molecule has 1 aliphatic carbocycles. The van der Waals surface area contributed by atoms with Crippen LogP contribution in [0.15, 0.2) is 72.1 Å². The van der Waals surface area contributed by atoms with Gasteiger partial charge in [0.25, 0.3) is 5.91 Å². The van der Waals surface area contributed by atoms with Crippen molar-refractivity contribution in [3.05, 3.63) is 99.6 Å². The van der Waals surface area contributed by atoms with Crippen LogP contribution in [-0.2, 0) is 16.6 Å². The number of anilines is 2. The molecule has 37 heavy (non-hydrogen) atoms. The van der Waals surface area contributed by atoms with Gasteiger partial charge in [-0.1, -0.05) is 48.4 Å². The summed E-state index contributed by atoms with van der Waals surface area (Å²) in [5.74, 6) is -0.901. The summed E-state index contributed by atoms with van der Waals surface area (Å²) in [5.41, 5.74) is 3.97. The van der Waals surface area contributed by atoms with E-state index in [0.29, 0.717) is 23.1 Å². The monoisotopic (exact) mass is 531 g/mol. The zero-order chi connectivity index (χ0) is 25.6. The molecule has 1 N–H and O–H groups in total. The van der Waals surface area contributed by atoms with Crippen molar-refractivity contribution in [2.24, 2.45) is 0 Å². The third-order valence-electron chi connectivity index (χ3n) is 7.38. The lowest BCUT2D eigenvalue weighted by atomic mass is 9.64. The second-order valence-corrected chi connectivity index (χ2v) is 10.8. The Morgan fingerprint density at radius 3 is 2.57 bits per heavy atom. The Morgan fingerprint density at radius 2 is 1.84 bits per heavy atom. The Labute approximate surface area is 222 Å². The average molecular weight is 532 g/mol. The normalized spacial score (nSPS) is 15.7. The number of fused-ring (bicyclic) bond motifs is 1. The molecule has 8 heteroatoms. The van der Waals surface area contributed by atoms with Crippen LogP contribution in [0.2, 0.25) is 5.02 Å². The molecule has 1 saturated carbocycles. The van der Waals surface area contributed by atoms with Crippen molar-refractivity contribution in [1.82, 2.24) is 4.98 Å². The fourth-order valence-corrected chi connectivity index (χ4v) is 6.02. The van der Waals surface area contributed by atoms with Crippen molar-refractivity contribution in [3.63, 3.8) is 0 Å². The maximum atomic E-state index is 14.2.